The molecular weight excluding hydrogens is 274 g/mol. The lowest BCUT2D eigenvalue weighted by molar-refractivity contribution is -0.929. The number of hydrogen-bond donors (Lipinski definition) is 0. The molecule has 0 aromatic carbocycles. The molecule has 0 N–H and O–H groups in total. The molecule has 0 spiro atoms. The molecule has 1 heterocycles. The molecule has 0 bridgehead atoms. The van der Waals surface area contributed by atoms with Crippen LogP contribution in [-0.2, 0) is 9.53 Å². The van der Waals surface area contributed by atoms with Crippen LogP contribution in [0.15, 0.2) is 11.6 Å². The smallest absolute Gasteiger partial charge is 0.361 e. The van der Waals surface area contributed by atoms with Crippen LogP contribution in [-0.4, -0.2) is 43.2 Å². The highest BCUT2D eigenvalue weighted by atomic mass is 16.5. The average Bonchev–Trinajstić information content (AvgIpc) is 2.44. The van der Waals surface area contributed by atoms with Crippen LogP contribution < -0.4 is 0 Å². The van der Waals surface area contributed by atoms with Gasteiger partial charge < -0.3 is 9.22 Å². The lowest BCUT2D eigenvalue weighted by Crippen LogP contribution is -2.58. The number of allylic oxidation sites excluding steroid dienone is 2. The van der Waals surface area contributed by atoms with E-state index in [1.54, 1.807) is 0 Å². The number of hydrogen-bond acceptors (Lipinski definition) is 2. The number of nitrogens with zero attached hydrogens (tertiary/aromatic N) is 1. The molecule has 0 unspecified atom stereocenters. The van der Waals surface area contributed by atoms with Gasteiger partial charge in [-0.15, -0.1) is 0 Å². The Labute approximate surface area is 136 Å². The van der Waals surface area contributed by atoms with Crippen LogP contribution in [0, 0.1) is 17.8 Å². The van der Waals surface area contributed by atoms with Crippen LogP contribution >= 0.6 is 0 Å². The van der Waals surface area contributed by atoms with Crippen molar-refractivity contribution in [1.82, 2.24) is 0 Å². The van der Waals surface area contributed by atoms with Crippen LogP contribution in [0.5, 0.6) is 0 Å². The van der Waals surface area contributed by atoms with Crippen molar-refractivity contribution in [3.63, 3.8) is 0 Å². The van der Waals surface area contributed by atoms with E-state index in [2.05, 4.69) is 26.8 Å². The molecule has 2 rings (SSSR count). The Morgan fingerprint density at radius 3 is 2.55 bits per heavy atom. The Balaban J connectivity index is 2.10. The van der Waals surface area contributed by atoms with Crippen LogP contribution in [0.1, 0.15) is 53.4 Å². The maximum Gasteiger partial charge on any atom is 0.361 e. The second-order valence-electron chi connectivity index (χ2n) is 7.71. The summed E-state index contributed by atoms with van der Waals surface area (Å²) in [5, 5.41) is 0. The quantitative estimate of drug-likeness (QED) is 0.439. The van der Waals surface area contributed by atoms with Gasteiger partial charge in [-0.2, -0.15) is 0 Å². The van der Waals surface area contributed by atoms with Gasteiger partial charge in [0.05, 0.1) is 26.2 Å². The van der Waals surface area contributed by atoms with Crippen LogP contribution in [0.4, 0.5) is 0 Å². The fraction of sp³-hybridized carbons (Fsp3) is 0.842. The summed E-state index contributed by atoms with van der Waals surface area (Å²) in [6.45, 7) is 13.4. The van der Waals surface area contributed by atoms with E-state index in [9.17, 15) is 4.79 Å². The summed E-state index contributed by atoms with van der Waals surface area (Å²) in [7, 11) is 0. The highest BCUT2D eigenvalue weighted by Gasteiger charge is 2.39. The van der Waals surface area contributed by atoms with Crippen molar-refractivity contribution in [3.8, 4) is 0 Å². The maximum atomic E-state index is 12.1. The SMILES string of the molecule is CCOC(=O)C[N+]1(C[C@H]2[C@H](C)CC(C)=C[C@@H]2C)CCCCC1. The van der Waals surface area contributed by atoms with Crippen molar-refractivity contribution in [2.45, 2.75) is 53.4 Å². The summed E-state index contributed by atoms with van der Waals surface area (Å²) >= 11 is 0. The van der Waals surface area contributed by atoms with Gasteiger partial charge in [-0.3, -0.25) is 0 Å². The molecule has 1 aliphatic carbocycles. The average molecular weight is 308 g/mol. The predicted octanol–water partition coefficient (Wildman–Crippen LogP) is 3.79. The van der Waals surface area contributed by atoms with Crippen LogP contribution in [0.2, 0.25) is 0 Å². The molecule has 1 aliphatic heterocycles. The van der Waals surface area contributed by atoms with Crippen molar-refractivity contribution in [2.24, 2.45) is 17.8 Å². The molecule has 0 aromatic heterocycles. The number of rotatable bonds is 5. The molecule has 3 atom stereocenters. The Morgan fingerprint density at radius 2 is 1.95 bits per heavy atom. The predicted molar refractivity (Wildman–Crippen MR) is 90.4 cm³/mol. The number of quaternary nitrogens is 1. The minimum absolute atomic E-state index is 0.00719. The number of ether oxygens (including phenoxy) is 1. The molecule has 0 aromatic rings. The van der Waals surface area contributed by atoms with Crippen molar-refractivity contribution >= 4 is 5.97 Å². The third-order valence-electron chi connectivity index (χ3n) is 5.73. The van der Waals surface area contributed by atoms with E-state index in [0.29, 0.717) is 25.0 Å². The van der Waals surface area contributed by atoms with Gasteiger partial charge in [0.1, 0.15) is 0 Å². The monoisotopic (exact) mass is 308 g/mol. The molecule has 22 heavy (non-hydrogen) atoms. The second-order valence-corrected chi connectivity index (χ2v) is 7.71. The first-order chi connectivity index (χ1) is 10.5. The normalized spacial score (nSPS) is 31.5. The standard InChI is InChI=1S/C19H34NO2/c1-5-22-19(21)14-20(9-7-6-8-10-20)13-18-16(3)11-15(2)12-17(18)4/h11,16-18H,5-10,12-14H2,1-4H3/q+1/t16-,17+,18+/m0/s1. The van der Waals surface area contributed by atoms with Crippen molar-refractivity contribution in [2.75, 3.05) is 32.8 Å². The summed E-state index contributed by atoms with van der Waals surface area (Å²) in [6, 6.07) is 0. The molecule has 126 valence electrons. The highest BCUT2D eigenvalue weighted by Crippen LogP contribution is 2.36. The minimum atomic E-state index is -0.00719. The van der Waals surface area contributed by atoms with E-state index < -0.39 is 0 Å². The summed E-state index contributed by atoms with van der Waals surface area (Å²) in [6.07, 6.45) is 7.50. The zero-order valence-corrected chi connectivity index (χ0v) is 14.9. The fourth-order valence-electron chi connectivity index (χ4n) is 4.68. The van der Waals surface area contributed by atoms with Crippen molar-refractivity contribution in [1.29, 1.82) is 0 Å². The van der Waals surface area contributed by atoms with E-state index in [0.717, 1.165) is 30.0 Å². The van der Waals surface area contributed by atoms with Gasteiger partial charge in [-0.05, 0) is 51.4 Å². The van der Waals surface area contributed by atoms with Gasteiger partial charge in [-0.1, -0.05) is 25.5 Å². The van der Waals surface area contributed by atoms with E-state index in [1.165, 1.54) is 31.3 Å². The van der Waals surface area contributed by atoms with Crippen molar-refractivity contribution in [3.05, 3.63) is 11.6 Å². The summed E-state index contributed by atoms with van der Waals surface area (Å²) in [5.74, 6) is 2.03. The van der Waals surface area contributed by atoms with Gasteiger partial charge in [0.25, 0.3) is 0 Å². The molecule has 3 heteroatoms. The summed E-state index contributed by atoms with van der Waals surface area (Å²) in [5.41, 5.74) is 1.53. The highest BCUT2D eigenvalue weighted by molar-refractivity contribution is 5.70. The molecule has 3 nitrogen and oxygen atoms in total. The summed E-state index contributed by atoms with van der Waals surface area (Å²) in [4.78, 5) is 12.1. The maximum absolute atomic E-state index is 12.1. The van der Waals surface area contributed by atoms with Crippen LogP contribution in [0.25, 0.3) is 0 Å². The zero-order chi connectivity index (χ0) is 16.2. The largest absolute Gasteiger partial charge is 0.462 e. The number of likely N-dealkylation sites (tertiary alicyclic amines) is 1. The second kappa shape index (κ2) is 7.63. The minimum Gasteiger partial charge on any atom is -0.462 e. The lowest BCUT2D eigenvalue weighted by Gasteiger charge is -2.46. The molecule has 2 aliphatic rings. The first-order valence-electron chi connectivity index (χ1n) is 9.14. The number of carbonyl (C=O) groups excluding carboxylic acids is 1. The van der Waals surface area contributed by atoms with E-state index in [-0.39, 0.29) is 5.97 Å². The van der Waals surface area contributed by atoms with Gasteiger partial charge in [0.15, 0.2) is 6.54 Å². The molecule has 0 saturated carbocycles. The molecule has 0 radical (unpaired) electrons. The topological polar surface area (TPSA) is 26.3 Å². The Kier molecular flexibility index (Phi) is 6.08. The van der Waals surface area contributed by atoms with E-state index in [4.69, 9.17) is 4.74 Å². The Hall–Kier alpha value is -0.830. The molecule has 1 fully saturated rings. The van der Waals surface area contributed by atoms with Crippen molar-refractivity contribution < 1.29 is 14.0 Å². The first kappa shape index (κ1) is 17.5. The first-order valence-corrected chi connectivity index (χ1v) is 9.14. The Bertz CT molecular complexity index is 410. The number of carbonyl (C=O) groups is 1. The van der Waals surface area contributed by atoms with Gasteiger partial charge in [-0.25, -0.2) is 4.79 Å². The molecule has 1 saturated heterocycles. The lowest BCUT2D eigenvalue weighted by atomic mass is 9.74. The van der Waals surface area contributed by atoms with E-state index in [1.807, 2.05) is 6.92 Å². The van der Waals surface area contributed by atoms with Gasteiger partial charge in [0.2, 0.25) is 0 Å². The number of piperidine rings is 1. The zero-order valence-electron chi connectivity index (χ0n) is 14.9. The van der Waals surface area contributed by atoms with E-state index >= 15 is 0 Å². The third kappa shape index (κ3) is 4.34. The third-order valence-corrected chi connectivity index (χ3v) is 5.73. The molecular formula is C19H34NO2+. The number of esters is 1. The van der Waals surface area contributed by atoms with Gasteiger partial charge in [0, 0.05) is 5.92 Å². The van der Waals surface area contributed by atoms with Gasteiger partial charge >= 0.3 is 5.97 Å². The summed E-state index contributed by atoms with van der Waals surface area (Å²) < 4.78 is 6.23. The fourth-order valence-corrected chi connectivity index (χ4v) is 4.68. The Morgan fingerprint density at radius 1 is 1.27 bits per heavy atom. The molecule has 0 amide bonds. The van der Waals surface area contributed by atoms with Crippen LogP contribution in [0.3, 0.4) is 0 Å².